The molecule has 0 nitrogen and oxygen atoms in total. The smallest absolute Gasteiger partial charge is 0.00606 e. The lowest BCUT2D eigenvalue weighted by Crippen LogP contribution is -1.79. The van der Waals surface area contributed by atoms with Crippen LogP contribution in [-0.4, -0.2) is 0 Å². The van der Waals surface area contributed by atoms with Crippen LogP contribution in [0.15, 0.2) is 169 Å². The third kappa shape index (κ3) is 10.9. The van der Waals surface area contributed by atoms with Gasteiger partial charge in [-0.2, -0.15) is 0 Å². The van der Waals surface area contributed by atoms with Gasteiger partial charge < -0.3 is 0 Å². The maximum Gasteiger partial charge on any atom is -0.00606 e. The van der Waals surface area contributed by atoms with Crippen molar-refractivity contribution in [1.82, 2.24) is 0 Å². The summed E-state index contributed by atoms with van der Waals surface area (Å²) in [6, 6.07) is 48.6. The molecule has 2 aliphatic rings. The predicted molar refractivity (Wildman–Crippen MR) is 200 cm³/mol. The van der Waals surface area contributed by atoms with E-state index in [9.17, 15) is 0 Å². The van der Waals surface area contributed by atoms with E-state index in [1.165, 1.54) is 66.9 Å². The van der Waals surface area contributed by atoms with Crippen LogP contribution < -0.4 is 0 Å². The van der Waals surface area contributed by atoms with Gasteiger partial charge in [0.15, 0.2) is 0 Å². The van der Waals surface area contributed by atoms with E-state index in [2.05, 4.69) is 180 Å². The van der Waals surface area contributed by atoms with Crippen LogP contribution in [0.5, 0.6) is 0 Å². The van der Waals surface area contributed by atoms with Crippen molar-refractivity contribution in [3.05, 3.63) is 197 Å². The van der Waals surface area contributed by atoms with Gasteiger partial charge in [0, 0.05) is 0 Å². The van der Waals surface area contributed by atoms with Crippen molar-refractivity contribution < 1.29 is 0 Å². The van der Waals surface area contributed by atoms with Crippen LogP contribution >= 0.6 is 0 Å². The minimum absolute atomic E-state index is 1.15. The molecule has 45 heavy (non-hydrogen) atoms. The summed E-state index contributed by atoms with van der Waals surface area (Å²) < 4.78 is 0. The molecule has 0 fully saturated rings. The molecule has 0 aliphatic heterocycles. The second-order valence-corrected chi connectivity index (χ2v) is 11.8. The van der Waals surface area contributed by atoms with Gasteiger partial charge in [-0.15, -0.1) is 0 Å². The highest BCUT2D eigenvalue weighted by atomic mass is 14.1. The summed E-state index contributed by atoms with van der Waals surface area (Å²) in [7, 11) is 0. The number of fused-ring (bicyclic) bond motifs is 3. The first kappa shape index (κ1) is 33.0. The molecule has 0 aromatic heterocycles. The van der Waals surface area contributed by atoms with Gasteiger partial charge in [0.2, 0.25) is 0 Å². The van der Waals surface area contributed by atoms with E-state index in [4.69, 9.17) is 0 Å². The van der Waals surface area contributed by atoms with Gasteiger partial charge in [-0.3, -0.25) is 0 Å². The Morgan fingerprint density at radius 2 is 1.11 bits per heavy atom. The minimum atomic E-state index is 1.15. The zero-order valence-electron chi connectivity index (χ0n) is 27.5. The highest BCUT2D eigenvalue weighted by Crippen LogP contribution is 2.23. The first-order valence-corrected chi connectivity index (χ1v) is 15.9. The number of hydrogen-bond acceptors (Lipinski definition) is 0. The van der Waals surface area contributed by atoms with Gasteiger partial charge in [0.05, 0.1) is 0 Å². The van der Waals surface area contributed by atoms with Crippen molar-refractivity contribution in [3.8, 4) is 0 Å². The lowest BCUT2D eigenvalue weighted by atomic mass is 10.1. The number of allylic oxidation sites excluding steroid dienone is 5. The molecule has 8 rings (SSSR count). The molecule has 6 aromatic rings. The van der Waals surface area contributed by atoms with Crippen LogP contribution in [0, 0.1) is 20.8 Å². The van der Waals surface area contributed by atoms with Crippen molar-refractivity contribution in [3.63, 3.8) is 0 Å². The van der Waals surface area contributed by atoms with Crippen LogP contribution in [0.25, 0.3) is 27.6 Å². The molecule has 226 valence electrons. The topological polar surface area (TPSA) is 0 Å². The first-order chi connectivity index (χ1) is 21.9. The van der Waals surface area contributed by atoms with E-state index in [0.717, 1.165) is 6.42 Å². The quantitative estimate of drug-likeness (QED) is 0.166. The molecule has 0 unspecified atom stereocenters. The highest BCUT2D eigenvalue weighted by molar-refractivity contribution is 5.85. The minimum Gasteiger partial charge on any atom is -0.0805 e. The molecule has 0 radical (unpaired) electrons. The van der Waals surface area contributed by atoms with Crippen molar-refractivity contribution in [2.45, 2.75) is 47.5 Å². The molecule has 2 aliphatic carbocycles. The fraction of sp³-hybridized carbons (Fsp3) is 0.156. The summed E-state index contributed by atoms with van der Waals surface area (Å²) in [6.45, 7) is 10.7. The zero-order chi connectivity index (χ0) is 31.9. The number of hydrogen-bond donors (Lipinski definition) is 0. The van der Waals surface area contributed by atoms with Gasteiger partial charge in [0.25, 0.3) is 0 Å². The third-order valence-electron chi connectivity index (χ3n) is 7.74. The molecular formula is C45H46. The Bertz CT molecular complexity index is 1870. The Labute approximate surface area is 271 Å². The Kier molecular flexibility index (Phi) is 12.7. The van der Waals surface area contributed by atoms with Crippen LogP contribution in [0.3, 0.4) is 0 Å². The standard InChI is InChI=1S/2C11H10.C10H10.C7H8.C6H8/c1-9-5-4-7-10-6-2-3-8-11(9)10;1-9-6-7-10-4-2-3-5-11(10)8-9;1-8-6-9-4-2-3-5-10(9)7-8;1-7-5-3-2-4-6-7;1-6-4-2-3-5-6/h2*2-8H,1H3;2-6H,7H2,1H3;2-6H,1H3;2-4H,5H2,1H3. The number of rotatable bonds is 0. The van der Waals surface area contributed by atoms with Gasteiger partial charge in [-0.25, -0.2) is 0 Å². The van der Waals surface area contributed by atoms with E-state index < -0.39 is 0 Å². The zero-order valence-corrected chi connectivity index (χ0v) is 27.5. The van der Waals surface area contributed by atoms with E-state index in [1.807, 2.05) is 18.2 Å². The van der Waals surface area contributed by atoms with Crippen molar-refractivity contribution in [2.24, 2.45) is 0 Å². The second kappa shape index (κ2) is 17.4. The summed E-state index contributed by atoms with van der Waals surface area (Å²) in [6.07, 6.45) is 11.0. The SMILES string of the molecule is CC1=CC=CC1.CC1=Cc2ccccc2C1.Cc1ccc2ccccc2c1.Cc1cccc2ccccc12.Cc1ccccc1. The molecule has 0 saturated carbocycles. The Morgan fingerprint density at radius 3 is 1.73 bits per heavy atom. The first-order valence-electron chi connectivity index (χ1n) is 15.9. The average Bonchev–Trinajstić information content (AvgIpc) is 3.70. The normalized spacial score (nSPS) is 12.1. The van der Waals surface area contributed by atoms with Gasteiger partial charge in [-0.1, -0.05) is 186 Å². The molecule has 0 spiro atoms. The number of aryl methyl sites for hydroxylation is 3. The van der Waals surface area contributed by atoms with Crippen molar-refractivity contribution in [2.75, 3.05) is 0 Å². The van der Waals surface area contributed by atoms with E-state index in [1.54, 1.807) is 0 Å². The van der Waals surface area contributed by atoms with Crippen LogP contribution in [-0.2, 0) is 6.42 Å². The summed E-state index contributed by atoms with van der Waals surface area (Å²) in [5.74, 6) is 0. The molecule has 6 aromatic carbocycles. The molecule has 0 saturated heterocycles. The average molecular weight is 587 g/mol. The molecule has 0 heteroatoms. The van der Waals surface area contributed by atoms with Gasteiger partial charge in [0.1, 0.15) is 0 Å². The molecule has 0 atom stereocenters. The maximum atomic E-state index is 2.26. The van der Waals surface area contributed by atoms with Crippen LogP contribution in [0.4, 0.5) is 0 Å². The van der Waals surface area contributed by atoms with E-state index >= 15 is 0 Å². The predicted octanol–water partition coefficient (Wildman–Crippen LogP) is 12.8. The van der Waals surface area contributed by atoms with E-state index in [0.29, 0.717) is 0 Å². The monoisotopic (exact) mass is 586 g/mol. The van der Waals surface area contributed by atoms with Crippen molar-refractivity contribution >= 4 is 27.6 Å². The summed E-state index contributed by atoms with van der Waals surface area (Å²) in [4.78, 5) is 0. The van der Waals surface area contributed by atoms with Gasteiger partial charge >= 0.3 is 0 Å². The van der Waals surface area contributed by atoms with Crippen LogP contribution in [0.1, 0.15) is 48.1 Å². The van der Waals surface area contributed by atoms with E-state index in [-0.39, 0.29) is 0 Å². The van der Waals surface area contributed by atoms with Crippen LogP contribution in [0.2, 0.25) is 0 Å². The second-order valence-electron chi connectivity index (χ2n) is 11.8. The summed E-state index contributed by atoms with van der Waals surface area (Å²) in [5, 5.41) is 5.33. The van der Waals surface area contributed by atoms with Gasteiger partial charge in [-0.05, 0) is 85.7 Å². The summed E-state index contributed by atoms with van der Waals surface area (Å²) in [5.41, 5.74) is 9.81. The Balaban J connectivity index is 0.000000130. The third-order valence-corrected chi connectivity index (χ3v) is 7.74. The molecule has 0 heterocycles. The molecular weight excluding hydrogens is 540 g/mol. The highest BCUT2D eigenvalue weighted by Gasteiger charge is 2.06. The maximum absolute atomic E-state index is 2.26. The Hall–Kier alpha value is -4.94. The van der Waals surface area contributed by atoms with Crippen molar-refractivity contribution in [1.29, 1.82) is 0 Å². The molecule has 0 bridgehead atoms. The number of benzene rings is 6. The molecule has 0 N–H and O–H groups in total. The largest absolute Gasteiger partial charge is 0.0805 e. The Morgan fingerprint density at radius 1 is 0.467 bits per heavy atom. The fourth-order valence-corrected chi connectivity index (χ4v) is 5.24. The molecule has 0 amide bonds. The fourth-order valence-electron chi connectivity index (χ4n) is 5.24. The lowest BCUT2D eigenvalue weighted by molar-refractivity contribution is 1.20. The lowest BCUT2D eigenvalue weighted by Gasteiger charge is -1.98. The summed E-state index contributed by atoms with van der Waals surface area (Å²) >= 11 is 0.